The lowest BCUT2D eigenvalue weighted by molar-refractivity contribution is 0.411. The summed E-state index contributed by atoms with van der Waals surface area (Å²) in [4.78, 5) is 0. The topological polar surface area (TPSA) is 9.23 Å². The molecular weight excluding hydrogens is 124 g/mol. The van der Waals surface area contributed by atoms with Crippen molar-refractivity contribution in [3.63, 3.8) is 0 Å². The average Bonchev–Trinajstić information content (AvgIpc) is 1.88. The largest absolute Gasteiger partial charge is 0.555 e. The molecule has 0 bridgehead atoms. The van der Waals surface area contributed by atoms with Gasteiger partial charge in [-0.25, -0.2) is 13.8 Å². The van der Waals surface area contributed by atoms with Crippen molar-refractivity contribution < 1.29 is 4.74 Å². The quantitative estimate of drug-likeness (QED) is 0.529. The summed E-state index contributed by atoms with van der Waals surface area (Å²) < 4.78 is 4.93. The Hall–Kier alpha value is -1.24. The Kier molecular flexibility index (Phi) is 1.76. The van der Waals surface area contributed by atoms with E-state index in [4.69, 9.17) is 18.6 Å². The van der Waals surface area contributed by atoms with Crippen LogP contribution in [0.15, 0.2) is 18.2 Å². The number of hydrogen-bond acceptors (Lipinski definition) is 1. The summed E-state index contributed by atoms with van der Waals surface area (Å²) in [5.74, 6) is 0.558. The summed E-state index contributed by atoms with van der Waals surface area (Å²) in [7, 11) is 1.54. The second kappa shape index (κ2) is 2.56. The standard InChI is InChI=1S/C9H8O/c1-7-5-4-6-8(2)9(7)10-3/h1-2,4-6H,3H3/q-2. The summed E-state index contributed by atoms with van der Waals surface area (Å²) in [6, 6.07) is 5.28. The molecule has 1 rings (SSSR count). The lowest BCUT2D eigenvalue weighted by Crippen LogP contribution is -1.89. The molecule has 52 valence electrons. The molecule has 0 heterocycles. The van der Waals surface area contributed by atoms with E-state index in [0.29, 0.717) is 16.9 Å². The fourth-order valence-electron chi connectivity index (χ4n) is 0.809. The molecule has 10 heavy (non-hydrogen) atoms. The third kappa shape index (κ3) is 1.03. The highest BCUT2D eigenvalue weighted by molar-refractivity contribution is 5.44. The zero-order valence-electron chi connectivity index (χ0n) is 5.79. The molecule has 1 aromatic carbocycles. The Morgan fingerprint density at radius 2 is 1.70 bits per heavy atom. The zero-order valence-corrected chi connectivity index (χ0v) is 5.79. The van der Waals surface area contributed by atoms with Gasteiger partial charge in [0.2, 0.25) is 0 Å². The fourth-order valence-corrected chi connectivity index (χ4v) is 0.809. The highest BCUT2D eigenvalue weighted by Crippen LogP contribution is 2.20. The molecule has 0 aliphatic rings. The van der Waals surface area contributed by atoms with E-state index in [2.05, 4.69) is 0 Å². The zero-order chi connectivity index (χ0) is 7.56. The van der Waals surface area contributed by atoms with Gasteiger partial charge in [-0.3, -0.25) is 0 Å². The van der Waals surface area contributed by atoms with Crippen LogP contribution in [0.5, 0.6) is 5.75 Å². The maximum Gasteiger partial charge on any atom is 0.0606 e. The van der Waals surface area contributed by atoms with Gasteiger partial charge in [0.15, 0.2) is 0 Å². The van der Waals surface area contributed by atoms with Gasteiger partial charge in [0.1, 0.15) is 0 Å². The second-order valence-corrected chi connectivity index (χ2v) is 1.97. The van der Waals surface area contributed by atoms with Crippen LogP contribution in [-0.2, 0) is 0 Å². The maximum absolute atomic E-state index is 5.53. The van der Waals surface area contributed by atoms with Gasteiger partial charge in [-0.2, -0.15) is 29.3 Å². The normalized spacial score (nSPS) is 9.30. The Bertz CT molecular complexity index is 208. The summed E-state index contributed by atoms with van der Waals surface area (Å²) in [6.07, 6.45) is 0. The molecule has 1 aromatic rings. The lowest BCUT2D eigenvalue weighted by Gasteiger charge is -2.18. The molecule has 0 amide bonds. The average molecular weight is 132 g/mol. The van der Waals surface area contributed by atoms with Crippen molar-refractivity contribution in [2.75, 3.05) is 7.11 Å². The summed E-state index contributed by atoms with van der Waals surface area (Å²) >= 11 is 0. The van der Waals surface area contributed by atoms with E-state index in [9.17, 15) is 0 Å². The predicted molar refractivity (Wildman–Crippen MR) is 39.8 cm³/mol. The van der Waals surface area contributed by atoms with Crippen LogP contribution < -0.4 is 4.74 Å². The van der Waals surface area contributed by atoms with Gasteiger partial charge in [0.25, 0.3) is 0 Å². The molecule has 0 atom stereocenters. The highest BCUT2D eigenvalue weighted by Gasteiger charge is 1.85. The molecule has 0 N–H and O–H groups in total. The van der Waals surface area contributed by atoms with Crippen LogP contribution in [0, 0.1) is 13.8 Å². The monoisotopic (exact) mass is 132 g/mol. The van der Waals surface area contributed by atoms with Crippen LogP contribution in [0.2, 0.25) is 0 Å². The van der Waals surface area contributed by atoms with Gasteiger partial charge in [0.05, 0.1) is 7.11 Å². The smallest absolute Gasteiger partial charge is 0.0606 e. The predicted octanol–water partition coefficient (Wildman–Crippen LogP) is 1.81. The van der Waals surface area contributed by atoms with E-state index in [-0.39, 0.29) is 0 Å². The first-order chi connectivity index (χ1) is 4.75. The number of hydrogen-bond donors (Lipinski definition) is 0. The Balaban J connectivity index is 3.17. The third-order valence-corrected chi connectivity index (χ3v) is 1.28. The van der Waals surface area contributed by atoms with Crippen LogP contribution in [0.25, 0.3) is 0 Å². The van der Waals surface area contributed by atoms with Crippen LogP contribution in [0.1, 0.15) is 11.1 Å². The van der Waals surface area contributed by atoms with Crippen LogP contribution in [0.3, 0.4) is 0 Å². The van der Waals surface area contributed by atoms with Gasteiger partial charge in [-0.15, -0.1) is 0 Å². The van der Waals surface area contributed by atoms with Crippen molar-refractivity contribution in [2.24, 2.45) is 0 Å². The SMILES string of the molecule is [CH-]c1cccc([CH-])c1OC. The van der Waals surface area contributed by atoms with E-state index >= 15 is 0 Å². The Morgan fingerprint density at radius 1 is 1.20 bits per heavy atom. The van der Waals surface area contributed by atoms with Gasteiger partial charge in [-0.1, -0.05) is 0 Å². The van der Waals surface area contributed by atoms with Crippen LogP contribution in [0.4, 0.5) is 0 Å². The molecule has 1 nitrogen and oxygen atoms in total. The summed E-state index contributed by atoms with van der Waals surface area (Å²) in [6.45, 7) is 11.1. The molecule has 0 unspecified atom stereocenters. The van der Waals surface area contributed by atoms with E-state index in [1.807, 2.05) is 0 Å². The van der Waals surface area contributed by atoms with Crippen molar-refractivity contribution in [2.45, 2.75) is 0 Å². The van der Waals surface area contributed by atoms with E-state index < -0.39 is 0 Å². The molecule has 0 aromatic heterocycles. The van der Waals surface area contributed by atoms with Gasteiger partial charge < -0.3 is 4.74 Å². The van der Waals surface area contributed by atoms with Crippen molar-refractivity contribution in [1.29, 1.82) is 0 Å². The Morgan fingerprint density at radius 3 is 2.00 bits per heavy atom. The molecule has 2 radical (unpaired) electrons. The first-order valence-electron chi connectivity index (χ1n) is 2.93. The number of rotatable bonds is 1. The molecular formula is C9H8O-2. The van der Waals surface area contributed by atoms with E-state index in [1.54, 1.807) is 25.3 Å². The third-order valence-electron chi connectivity index (χ3n) is 1.28. The molecule has 0 aliphatic heterocycles. The van der Waals surface area contributed by atoms with Crippen molar-refractivity contribution >= 4 is 0 Å². The van der Waals surface area contributed by atoms with Crippen LogP contribution >= 0.6 is 0 Å². The minimum absolute atomic E-state index is 0.558. The molecule has 0 spiro atoms. The van der Waals surface area contributed by atoms with Gasteiger partial charge in [-0.05, 0) is 5.75 Å². The molecule has 0 saturated carbocycles. The second-order valence-electron chi connectivity index (χ2n) is 1.97. The highest BCUT2D eigenvalue weighted by atomic mass is 16.5. The van der Waals surface area contributed by atoms with Crippen LogP contribution in [-0.4, -0.2) is 7.11 Å². The number of ether oxygens (including phenoxy) is 1. The first-order valence-corrected chi connectivity index (χ1v) is 2.93. The summed E-state index contributed by atoms with van der Waals surface area (Å²) in [5, 5.41) is 0. The first kappa shape index (κ1) is 6.87. The minimum atomic E-state index is 0.558. The molecule has 1 heteroatoms. The minimum Gasteiger partial charge on any atom is -0.555 e. The number of methoxy groups -OCH3 is 1. The molecule has 0 saturated heterocycles. The number of benzene rings is 1. The lowest BCUT2D eigenvalue weighted by atomic mass is 10.1. The Labute approximate surface area is 61.6 Å². The van der Waals surface area contributed by atoms with Crippen molar-refractivity contribution in [1.82, 2.24) is 0 Å². The van der Waals surface area contributed by atoms with E-state index in [0.717, 1.165) is 0 Å². The maximum atomic E-state index is 5.53. The van der Waals surface area contributed by atoms with Gasteiger partial charge in [0, 0.05) is 0 Å². The number of para-hydroxylation sites is 1. The van der Waals surface area contributed by atoms with Gasteiger partial charge >= 0.3 is 0 Å². The van der Waals surface area contributed by atoms with E-state index in [1.165, 1.54) is 0 Å². The fraction of sp³-hybridized carbons (Fsp3) is 0.111. The summed E-state index contributed by atoms with van der Waals surface area (Å²) in [5.41, 5.74) is 1.14. The van der Waals surface area contributed by atoms with Crippen molar-refractivity contribution in [3.8, 4) is 5.75 Å². The van der Waals surface area contributed by atoms with Crippen molar-refractivity contribution in [3.05, 3.63) is 43.2 Å². The molecule has 0 aliphatic carbocycles. The molecule has 0 fully saturated rings.